The second-order valence-corrected chi connectivity index (χ2v) is 7.72. The Bertz CT molecular complexity index is 795. The quantitative estimate of drug-likeness (QED) is 0.744. The van der Waals surface area contributed by atoms with Crippen molar-refractivity contribution in [2.75, 3.05) is 39.3 Å². The number of para-hydroxylation sites is 1. The fraction of sp³-hybridized carbons (Fsp3) is 0.381. The van der Waals surface area contributed by atoms with Crippen molar-refractivity contribution in [2.45, 2.75) is 12.6 Å². The van der Waals surface area contributed by atoms with Gasteiger partial charge in [-0.25, -0.2) is 0 Å². The molecule has 0 bridgehead atoms. The first-order valence-electron chi connectivity index (χ1n) is 9.24. The third-order valence-electron chi connectivity index (χ3n) is 4.76. The summed E-state index contributed by atoms with van der Waals surface area (Å²) in [6.07, 6.45) is -0.614. The Morgan fingerprint density at radius 2 is 1.61 bits per heavy atom. The summed E-state index contributed by atoms with van der Waals surface area (Å²) in [5.41, 5.74) is 1.89. The molecule has 5 nitrogen and oxygen atoms in total. The number of aliphatic hydroxyl groups is 1. The normalized spacial score (nSPS) is 16.5. The molecule has 148 valence electrons. The fourth-order valence-electron chi connectivity index (χ4n) is 3.22. The Morgan fingerprint density at radius 3 is 2.21 bits per heavy atom. The molecule has 1 fully saturated rings. The minimum atomic E-state index is -0.614. The van der Waals surface area contributed by atoms with E-state index in [9.17, 15) is 5.11 Å². The van der Waals surface area contributed by atoms with Gasteiger partial charge in [-0.05, 0) is 29.8 Å². The maximum Gasteiger partial charge on any atom is 0.156 e. The highest BCUT2D eigenvalue weighted by Gasteiger charge is 2.20. The highest BCUT2D eigenvalue weighted by molar-refractivity contribution is 6.37. The lowest BCUT2D eigenvalue weighted by atomic mass is 10.1. The van der Waals surface area contributed by atoms with E-state index in [0.29, 0.717) is 27.9 Å². The summed E-state index contributed by atoms with van der Waals surface area (Å²) in [6.45, 7) is 5.21. The molecule has 3 rings (SSSR count). The number of nitrogens with zero attached hydrogens (tertiary/aromatic N) is 3. The maximum absolute atomic E-state index is 10.3. The van der Waals surface area contributed by atoms with Gasteiger partial charge in [0.25, 0.3) is 0 Å². The van der Waals surface area contributed by atoms with Crippen LogP contribution in [0, 0.1) is 11.3 Å². The van der Waals surface area contributed by atoms with Crippen molar-refractivity contribution in [3.63, 3.8) is 0 Å². The summed E-state index contributed by atoms with van der Waals surface area (Å²) in [5, 5.41) is 20.1. The molecule has 1 aliphatic heterocycles. The summed E-state index contributed by atoms with van der Waals surface area (Å²) in [6, 6.07) is 15.0. The number of β-amino-alcohol motifs (C(OH)–C–C–N with tert-alkyl or cyclic N) is 1. The molecule has 2 aromatic rings. The molecule has 1 heterocycles. The molecule has 0 aliphatic carbocycles. The summed E-state index contributed by atoms with van der Waals surface area (Å²) in [4.78, 5) is 4.61. The molecule has 2 aromatic carbocycles. The predicted octanol–water partition coefficient (Wildman–Crippen LogP) is 3.42. The highest BCUT2D eigenvalue weighted by atomic mass is 35.5. The van der Waals surface area contributed by atoms with Crippen LogP contribution >= 0.6 is 23.2 Å². The van der Waals surface area contributed by atoms with Crippen molar-refractivity contribution in [3.8, 4) is 11.8 Å². The molecule has 0 aromatic heterocycles. The lowest BCUT2D eigenvalue weighted by Gasteiger charge is -2.35. The van der Waals surface area contributed by atoms with Gasteiger partial charge in [-0.15, -0.1) is 0 Å². The maximum atomic E-state index is 10.3. The molecule has 0 radical (unpaired) electrons. The van der Waals surface area contributed by atoms with E-state index in [4.69, 9.17) is 33.2 Å². The second kappa shape index (κ2) is 10.1. The molecular formula is C21H23Cl2N3O2. The van der Waals surface area contributed by atoms with Gasteiger partial charge in [0, 0.05) is 39.3 Å². The van der Waals surface area contributed by atoms with E-state index in [1.807, 2.05) is 24.3 Å². The fourth-order valence-corrected chi connectivity index (χ4v) is 3.73. The molecule has 1 saturated heterocycles. The number of piperazine rings is 1. The SMILES string of the molecule is N#Cc1ccc(CN2CCN(CC(O)COc3c(Cl)cccc3Cl)CC2)cc1. The van der Waals surface area contributed by atoms with Gasteiger partial charge in [0.2, 0.25) is 0 Å². The highest BCUT2D eigenvalue weighted by Crippen LogP contribution is 2.32. The lowest BCUT2D eigenvalue weighted by Crippen LogP contribution is -2.48. The van der Waals surface area contributed by atoms with Crippen LogP contribution in [0.4, 0.5) is 0 Å². The van der Waals surface area contributed by atoms with E-state index < -0.39 is 6.10 Å². The molecule has 1 atom stereocenters. The standard InChI is InChI=1S/C21H23Cl2N3O2/c22-19-2-1-3-20(23)21(19)28-15-18(27)14-26-10-8-25(9-11-26)13-17-6-4-16(12-24)5-7-17/h1-7,18,27H,8-11,13-15H2. The molecule has 1 unspecified atom stereocenters. The van der Waals surface area contributed by atoms with Crippen LogP contribution in [0.2, 0.25) is 10.0 Å². The van der Waals surface area contributed by atoms with E-state index >= 15 is 0 Å². The average Bonchev–Trinajstić information content (AvgIpc) is 2.70. The summed E-state index contributed by atoms with van der Waals surface area (Å²) >= 11 is 12.2. The lowest BCUT2D eigenvalue weighted by molar-refractivity contribution is 0.0447. The zero-order valence-electron chi connectivity index (χ0n) is 15.5. The molecule has 7 heteroatoms. The van der Waals surface area contributed by atoms with E-state index in [0.717, 1.165) is 32.7 Å². The van der Waals surface area contributed by atoms with E-state index in [1.54, 1.807) is 18.2 Å². The zero-order valence-corrected chi connectivity index (χ0v) is 17.0. The van der Waals surface area contributed by atoms with Crippen LogP contribution in [0.5, 0.6) is 5.75 Å². The van der Waals surface area contributed by atoms with Crippen molar-refractivity contribution in [1.82, 2.24) is 9.80 Å². The van der Waals surface area contributed by atoms with Crippen molar-refractivity contribution < 1.29 is 9.84 Å². The Balaban J connectivity index is 1.40. The number of ether oxygens (including phenoxy) is 1. The number of hydrogen-bond acceptors (Lipinski definition) is 5. The van der Waals surface area contributed by atoms with Gasteiger partial charge >= 0.3 is 0 Å². The Hall–Kier alpha value is -1.81. The van der Waals surface area contributed by atoms with Gasteiger partial charge in [0.1, 0.15) is 12.7 Å². The number of rotatable bonds is 7. The molecule has 1 N–H and O–H groups in total. The Labute approximate surface area is 175 Å². The molecule has 28 heavy (non-hydrogen) atoms. The molecular weight excluding hydrogens is 397 g/mol. The number of halogens is 2. The van der Waals surface area contributed by atoms with Gasteiger partial charge < -0.3 is 9.84 Å². The van der Waals surface area contributed by atoms with Gasteiger partial charge in [-0.1, -0.05) is 41.4 Å². The van der Waals surface area contributed by atoms with Gasteiger partial charge in [0.15, 0.2) is 5.75 Å². The van der Waals surface area contributed by atoms with Gasteiger partial charge in [-0.3, -0.25) is 9.80 Å². The molecule has 1 aliphatic rings. The van der Waals surface area contributed by atoms with E-state index in [-0.39, 0.29) is 6.61 Å². The van der Waals surface area contributed by atoms with Crippen LogP contribution in [0.15, 0.2) is 42.5 Å². The molecule has 0 saturated carbocycles. The van der Waals surface area contributed by atoms with Crippen LogP contribution in [0.1, 0.15) is 11.1 Å². The average molecular weight is 420 g/mol. The van der Waals surface area contributed by atoms with Crippen LogP contribution in [0.3, 0.4) is 0 Å². The summed E-state index contributed by atoms with van der Waals surface area (Å²) in [7, 11) is 0. The topological polar surface area (TPSA) is 59.7 Å². The second-order valence-electron chi connectivity index (χ2n) is 6.90. The van der Waals surface area contributed by atoms with Crippen molar-refractivity contribution >= 4 is 23.2 Å². The van der Waals surface area contributed by atoms with E-state index in [2.05, 4.69) is 15.9 Å². The number of nitriles is 1. The Morgan fingerprint density at radius 1 is 1.00 bits per heavy atom. The smallest absolute Gasteiger partial charge is 0.156 e. The first-order chi connectivity index (χ1) is 13.5. The number of hydrogen-bond donors (Lipinski definition) is 1. The summed E-state index contributed by atoms with van der Waals surface area (Å²) < 4.78 is 5.62. The number of benzene rings is 2. The first-order valence-corrected chi connectivity index (χ1v) is 9.99. The summed E-state index contributed by atoms with van der Waals surface area (Å²) in [5.74, 6) is 0.414. The largest absolute Gasteiger partial charge is 0.488 e. The van der Waals surface area contributed by atoms with Gasteiger partial charge in [-0.2, -0.15) is 5.26 Å². The van der Waals surface area contributed by atoms with Gasteiger partial charge in [0.05, 0.1) is 21.7 Å². The van der Waals surface area contributed by atoms with Crippen LogP contribution in [0.25, 0.3) is 0 Å². The van der Waals surface area contributed by atoms with Crippen molar-refractivity contribution in [2.24, 2.45) is 0 Å². The minimum absolute atomic E-state index is 0.148. The van der Waals surface area contributed by atoms with Crippen LogP contribution < -0.4 is 4.74 Å². The first kappa shape index (κ1) is 20.9. The third kappa shape index (κ3) is 5.84. The molecule has 0 spiro atoms. The third-order valence-corrected chi connectivity index (χ3v) is 5.36. The Kier molecular flexibility index (Phi) is 7.55. The van der Waals surface area contributed by atoms with Crippen molar-refractivity contribution in [3.05, 3.63) is 63.6 Å². The van der Waals surface area contributed by atoms with Crippen molar-refractivity contribution in [1.29, 1.82) is 5.26 Å². The number of aliphatic hydroxyl groups excluding tert-OH is 1. The van der Waals surface area contributed by atoms with Crippen LogP contribution in [-0.2, 0) is 6.54 Å². The van der Waals surface area contributed by atoms with E-state index in [1.165, 1.54) is 5.56 Å². The minimum Gasteiger partial charge on any atom is -0.488 e. The molecule has 0 amide bonds. The monoisotopic (exact) mass is 419 g/mol. The van der Waals surface area contributed by atoms with Crippen LogP contribution in [-0.4, -0.2) is 60.3 Å². The predicted molar refractivity (Wildman–Crippen MR) is 111 cm³/mol. The zero-order chi connectivity index (χ0) is 19.9.